The van der Waals surface area contributed by atoms with Gasteiger partial charge in [0, 0.05) is 11.9 Å². The van der Waals surface area contributed by atoms with Crippen molar-refractivity contribution in [1.29, 1.82) is 0 Å². The third kappa shape index (κ3) is 3.77. The Bertz CT molecular complexity index is 1220. The Kier molecular flexibility index (Phi) is 5.34. The number of para-hydroxylation sites is 2. The molecule has 6 heteroatoms. The summed E-state index contributed by atoms with van der Waals surface area (Å²) in [5.74, 6) is 0.00310. The van der Waals surface area contributed by atoms with E-state index in [-0.39, 0.29) is 5.91 Å². The van der Waals surface area contributed by atoms with Gasteiger partial charge in [-0.05, 0) is 48.0 Å². The average molecular weight is 444 g/mol. The van der Waals surface area contributed by atoms with E-state index in [0.717, 1.165) is 37.6 Å². The first-order valence-electron chi connectivity index (χ1n) is 10.0. The predicted octanol–water partition coefficient (Wildman–Crippen LogP) is 6.17. The molecule has 0 N–H and O–H groups in total. The van der Waals surface area contributed by atoms with Crippen LogP contribution in [0.3, 0.4) is 0 Å². The van der Waals surface area contributed by atoms with E-state index in [1.54, 1.807) is 16.7 Å². The van der Waals surface area contributed by atoms with Crippen LogP contribution in [-0.4, -0.2) is 23.0 Å². The van der Waals surface area contributed by atoms with Gasteiger partial charge < -0.3 is 4.90 Å². The van der Waals surface area contributed by atoms with Gasteiger partial charge in [-0.25, -0.2) is 4.99 Å². The molecule has 2 aliphatic heterocycles. The molecule has 1 fully saturated rings. The molecule has 0 bridgehead atoms. The number of benzene rings is 3. The fourth-order valence-corrected chi connectivity index (χ4v) is 5.95. The summed E-state index contributed by atoms with van der Waals surface area (Å²) >= 11 is 3.11. The van der Waals surface area contributed by atoms with E-state index < -0.39 is 0 Å². The number of hydrogen-bond acceptors (Lipinski definition) is 5. The van der Waals surface area contributed by atoms with Gasteiger partial charge in [0.05, 0.1) is 22.9 Å². The number of aryl methyl sites for hydroxylation is 1. The molecule has 0 aromatic heterocycles. The zero-order valence-corrected chi connectivity index (χ0v) is 18.9. The number of amides is 1. The average Bonchev–Trinajstić information content (AvgIpc) is 3.28. The molecule has 0 spiro atoms. The Hall–Kier alpha value is -2.96. The van der Waals surface area contributed by atoms with Crippen LogP contribution in [0.25, 0.3) is 0 Å². The first kappa shape index (κ1) is 20.0. The van der Waals surface area contributed by atoms with Crippen molar-refractivity contribution < 1.29 is 4.79 Å². The molecule has 31 heavy (non-hydrogen) atoms. The maximum atomic E-state index is 13.6. The lowest BCUT2D eigenvalue weighted by Crippen LogP contribution is -2.29. The quantitative estimate of drug-likeness (QED) is 0.454. The van der Waals surface area contributed by atoms with Gasteiger partial charge in [0.15, 0.2) is 5.17 Å². The molecule has 0 saturated carbocycles. The van der Waals surface area contributed by atoms with Crippen LogP contribution >= 0.6 is 23.5 Å². The summed E-state index contributed by atoms with van der Waals surface area (Å²) in [6.45, 7) is 2.54. The van der Waals surface area contributed by atoms with Crippen LogP contribution in [0.2, 0.25) is 0 Å². The number of amidine groups is 1. The van der Waals surface area contributed by atoms with Gasteiger partial charge in [0.2, 0.25) is 0 Å². The molecule has 5 rings (SSSR count). The van der Waals surface area contributed by atoms with Gasteiger partial charge in [-0.3, -0.25) is 9.69 Å². The molecular weight excluding hydrogens is 422 g/mol. The Balaban J connectivity index is 1.57. The Morgan fingerprint density at radius 3 is 2.35 bits per heavy atom. The van der Waals surface area contributed by atoms with Gasteiger partial charge in [-0.15, -0.1) is 0 Å². The van der Waals surface area contributed by atoms with E-state index in [2.05, 4.69) is 17.0 Å². The molecule has 3 aromatic carbocycles. The summed E-state index contributed by atoms with van der Waals surface area (Å²) < 4.78 is 0. The highest BCUT2D eigenvalue weighted by Crippen LogP contribution is 2.50. The lowest BCUT2D eigenvalue weighted by Gasteiger charge is -2.17. The molecule has 3 aromatic rings. The van der Waals surface area contributed by atoms with Crippen LogP contribution in [0, 0.1) is 6.92 Å². The third-order valence-electron chi connectivity index (χ3n) is 5.31. The minimum Gasteiger partial charge on any atom is -0.337 e. The molecule has 0 aliphatic carbocycles. The van der Waals surface area contributed by atoms with Crippen LogP contribution in [0.4, 0.5) is 11.4 Å². The number of fused-ring (bicyclic) bond motifs is 1. The van der Waals surface area contributed by atoms with Crippen molar-refractivity contribution in [3.8, 4) is 0 Å². The first-order chi connectivity index (χ1) is 15.1. The monoisotopic (exact) mass is 443 g/mol. The largest absolute Gasteiger partial charge is 0.337 e. The van der Waals surface area contributed by atoms with E-state index in [4.69, 9.17) is 4.99 Å². The van der Waals surface area contributed by atoms with Crippen molar-refractivity contribution in [1.82, 2.24) is 4.90 Å². The summed E-state index contributed by atoms with van der Waals surface area (Å²) in [7, 11) is 2.02. The van der Waals surface area contributed by atoms with E-state index >= 15 is 0 Å². The molecule has 1 saturated heterocycles. The zero-order chi connectivity index (χ0) is 21.4. The Labute approximate surface area is 190 Å². The van der Waals surface area contributed by atoms with Gasteiger partial charge in [-0.2, -0.15) is 0 Å². The van der Waals surface area contributed by atoms with Crippen LogP contribution < -0.4 is 4.90 Å². The highest BCUT2D eigenvalue weighted by molar-refractivity contribution is 8.19. The summed E-state index contributed by atoms with van der Waals surface area (Å²) in [4.78, 5) is 24.3. The number of carbonyl (C=O) groups excluding carboxylic acids is 1. The number of rotatable bonds is 3. The van der Waals surface area contributed by atoms with Gasteiger partial charge >= 0.3 is 0 Å². The smallest absolute Gasteiger partial charge is 0.269 e. The van der Waals surface area contributed by atoms with Crippen LogP contribution in [-0.2, 0) is 11.3 Å². The Morgan fingerprint density at radius 2 is 1.58 bits per heavy atom. The summed E-state index contributed by atoms with van der Waals surface area (Å²) in [6.07, 6.45) is 0. The van der Waals surface area contributed by atoms with E-state index in [0.29, 0.717) is 6.54 Å². The molecule has 0 radical (unpaired) electrons. The number of carbonyl (C=O) groups is 1. The summed E-state index contributed by atoms with van der Waals surface area (Å²) in [6, 6.07) is 26.3. The van der Waals surface area contributed by atoms with Gasteiger partial charge in [0.25, 0.3) is 5.91 Å². The lowest BCUT2D eigenvalue weighted by atomic mass is 10.2. The van der Waals surface area contributed by atoms with Crippen molar-refractivity contribution >= 4 is 46.0 Å². The predicted molar refractivity (Wildman–Crippen MR) is 131 cm³/mol. The molecule has 154 valence electrons. The maximum absolute atomic E-state index is 13.6. The van der Waals surface area contributed by atoms with Crippen molar-refractivity contribution in [3.63, 3.8) is 0 Å². The number of aliphatic imine (C=N–C) groups is 1. The molecule has 2 aliphatic rings. The van der Waals surface area contributed by atoms with Crippen LogP contribution in [0.5, 0.6) is 0 Å². The summed E-state index contributed by atoms with van der Waals surface area (Å²) in [5.41, 5.74) is 4.18. The second kappa shape index (κ2) is 8.29. The van der Waals surface area contributed by atoms with Gasteiger partial charge in [-0.1, -0.05) is 72.4 Å². The lowest BCUT2D eigenvalue weighted by molar-refractivity contribution is -0.122. The molecule has 0 unspecified atom stereocenters. The van der Waals surface area contributed by atoms with E-state index in [1.807, 2.05) is 80.7 Å². The fourth-order valence-electron chi connectivity index (χ4n) is 3.62. The SMILES string of the molecule is Cc1ccccc1N=C1SC(=C2Sc3ccccc3N2C)C(=O)N1Cc1ccccc1. The maximum Gasteiger partial charge on any atom is 0.269 e. The highest BCUT2D eigenvalue weighted by Gasteiger charge is 2.39. The normalized spacial score (nSPS) is 19.4. The minimum atomic E-state index is 0.00310. The topological polar surface area (TPSA) is 35.9 Å². The van der Waals surface area contributed by atoms with Gasteiger partial charge in [0.1, 0.15) is 4.91 Å². The number of thioether (sulfide) groups is 2. The van der Waals surface area contributed by atoms with Crippen LogP contribution in [0.15, 0.2) is 98.7 Å². The number of anilines is 1. The fraction of sp³-hybridized carbons (Fsp3) is 0.120. The Morgan fingerprint density at radius 1 is 0.871 bits per heavy atom. The molecule has 4 nitrogen and oxygen atoms in total. The summed E-state index contributed by atoms with van der Waals surface area (Å²) in [5, 5.41) is 1.68. The second-order valence-corrected chi connectivity index (χ2v) is 9.43. The van der Waals surface area contributed by atoms with Crippen molar-refractivity contribution in [2.24, 2.45) is 4.99 Å². The molecule has 0 atom stereocenters. The van der Waals surface area contributed by atoms with Crippen molar-refractivity contribution in [2.45, 2.75) is 18.4 Å². The third-order valence-corrected chi connectivity index (χ3v) is 7.74. The number of nitrogens with zero attached hydrogens (tertiary/aromatic N) is 3. The first-order valence-corrected chi connectivity index (χ1v) is 11.7. The highest BCUT2D eigenvalue weighted by atomic mass is 32.2. The van der Waals surface area contributed by atoms with E-state index in [9.17, 15) is 4.79 Å². The zero-order valence-electron chi connectivity index (χ0n) is 17.3. The van der Waals surface area contributed by atoms with Crippen molar-refractivity contribution in [2.75, 3.05) is 11.9 Å². The molecule has 1 amide bonds. The number of hydrogen-bond donors (Lipinski definition) is 0. The second-order valence-electron chi connectivity index (χ2n) is 7.42. The minimum absolute atomic E-state index is 0.00310. The van der Waals surface area contributed by atoms with Crippen LogP contribution in [0.1, 0.15) is 11.1 Å². The molecular formula is C25H21N3OS2. The molecule has 2 heterocycles. The standard InChI is InChI=1S/C25H21N3OS2/c1-17-10-6-7-13-19(17)26-25-28(16-18-11-4-3-5-12-18)23(29)22(31-25)24-27(2)20-14-8-9-15-21(20)30-24/h3-15H,16H2,1-2H3. The van der Waals surface area contributed by atoms with Crippen molar-refractivity contribution in [3.05, 3.63) is 99.9 Å². The van der Waals surface area contributed by atoms with E-state index in [1.165, 1.54) is 16.7 Å².